The summed E-state index contributed by atoms with van der Waals surface area (Å²) < 4.78 is 28.2. The van der Waals surface area contributed by atoms with Gasteiger partial charge in [-0.2, -0.15) is 5.10 Å². The van der Waals surface area contributed by atoms with E-state index in [2.05, 4.69) is 25.9 Å². The van der Waals surface area contributed by atoms with Crippen molar-refractivity contribution in [1.82, 2.24) is 9.78 Å². The Morgan fingerprint density at radius 1 is 1.04 bits per heavy atom. The lowest BCUT2D eigenvalue weighted by molar-refractivity contribution is 0.149. The number of aromatic nitrogens is 2. The van der Waals surface area contributed by atoms with E-state index in [1.54, 1.807) is 11.6 Å². The third kappa shape index (κ3) is 5.44. The molecule has 1 aromatic heterocycles. The number of unbranched alkanes of at least 4 members (excludes halogenated alkanes) is 5. The summed E-state index contributed by atoms with van der Waals surface area (Å²) in [6, 6.07) is 0. The van der Waals surface area contributed by atoms with Crippen LogP contribution in [0.2, 0.25) is 5.15 Å². The molecule has 23 heavy (non-hydrogen) atoms. The van der Waals surface area contributed by atoms with E-state index in [0.717, 1.165) is 32.1 Å². The summed E-state index contributed by atoms with van der Waals surface area (Å²) in [4.78, 5) is 0. The molecule has 134 valence electrons. The van der Waals surface area contributed by atoms with Gasteiger partial charge in [-0.05, 0) is 26.7 Å². The summed E-state index contributed by atoms with van der Waals surface area (Å²) in [5.41, 5.74) is 0.167. The molecule has 1 rings (SSSR count). The molecule has 0 bridgehead atoms. The minimum absolute atomic E-state index is 0.0498. The van der Waals surface area contributed by atoms with Gasteiger partial charge in [-0.3, -0.25) is 4.68 Å². The lowest BCUT2D eigenvalue weighted by Crippen LogP contribution is -2.32. The zero-order valence-corrected chi connectivity index (χ0v) is 15.7. The van der Waals surface area contributed by atoms with Crippen molar-refractivity contribution < 1.29 is 8.78 Å². The molecule has 0 aromatic carbocycles. The van der Waals surface area contributed by atoms with Crippen molar-refractivity contribution in [3.63, 3.8) is 0 Å². The topological polar surface area (TPSA) is 17.8 Å². The molecule has 0 amide bonds. The number of halogens is 3. The Morgan fingerprint density at radius 2 is 1.61 bits per heavy atom. The molecule has 0 saturated carbocycles. The van der Waals surface area contributed by atoms with Crippen LogP contribution >= 0.6 is 11.6 Å². The maximum absolute atomic E-state index is 13.2. The number of alkyl halides is 2. The van der Waals surface area contributed by atoms with Crippen LogP contribution in [-0.2, 0) is 5.54 Å². The molecular weight excluding hydrogens is 318 g/mol. The lowest BCUT2D eigenvalue weighted by Gasteiger charge is -2.32. The Morgan fingerprint density at radius 3 is 2.13 bits per heavy atom. The van der Waals surface area contributed by atoms with Crippen LogP contribution < -0.4 is 0 Å². The van der Waals surface area contributed by atoms with Gasteiger partial charge in [0.15, 0.2) is 5.15 Å². The first-order valence-electron chi connectivity index (χ1n) is 8.91. The smallest absolute Gasteiger partial charge is 0.262 e. The zero-order valence-electron chi connectivity index (χ0n) is 15.0. The third-order valence-corrected chi connectivity index (χ3v) is 5.01. The van der Waals surface area contributed by atoms with Gasteiger partial charge in [-0.1, -0.05) is 70.4 Å². The molecule has 1 aromatic rings. The number of hydrogen-bond donors (Lipinski definition) is 0. The highest BCUT2D eigenvalue weighted by Crippen LogP contribution is 2.36. The Bertz CT molecular complexity index is 474. The van der Waals surface area contributed by atoms with Crippen molar-refractivity contribution >= 4 is 11.6 Å². The average molecular weight is 349 g/mol. The second-order valence-electron chi connectivity index (χ2n) is 6.77. The summed E-state index contributed by atoms with van der Waals surface area (Å²) in [6.45, 7) is 8.19. The SMILES string of the molecule is CCCCCCCC(C)(CCCC)n1nc(Cl)c(C(F)F)c1C. The van der Waals surface area contributed by atoms with E-state index in [-0.39, 0.29) is 16.3 Å². The van der Waals surface area contributed by atoms with Crippen molar-refractivity contribution in [3.8, 4) is 0 Å². The predicted octanol–water partition coefficient (Wildman–Crippen LogP) is 7.05. The monoisotopic (exact) mass is 348 g/mol. The molecule has 5 heteroatoms. The van der Waals surface area contributed by atoms with Crippen molar-refractivity contribution in [3.05, 3.63) is 16.4 Å². The van der Waals surface area contributed by atoms with Gasteiger partial charge >= 0.3 is 0 Å². The van der Waals surface area contributed by atoms with E-state index >= 15 is 0 Å². The van der Waals surface area contributed by atoms with E-state index in [4.69, 9.17) is 11.6 Å². The zero-order chi connectivity index (χ0) is 17.5. The fourth-order valence-electron chi connectivity index (χ4n) is 3.26. The summed E-state index contributed by atoms with van der Waals surface area (Å²) in [7, 11) is 0. The highest BCUT2D eigenvalue weighted by Gasteiger charge is 2.32. The second-order valence-corrected chi connectivity index (χ2v) is 7.13. The molecule has 0 fully saturated rings. The van der Waals surface area contributed by atoms with Crippen LogP contribution in [-0.4, -0.2) is 9.78 Å². The minimum Gasteiger partial charge on any atom is -0.262 e. The standard InChI is InChI=1S/C18H31ClF2N2/c1-5-7-9-10-11-13-18(4,12-8-6-2)23-14(3)15(17(20)21)16(19)22-23/h17H,5-13H2,1-4H3. The first-order valence-corrected chi connectivity index (χ1v) is 9.28. The van der Waals surface area contributed by atoms with Gasteiger partial charge in [0.1, 0.15) is 0 Å². The molecule has 0 aliphatic rings. The van der Waals surface area contributed by atoms with Crippen LogP contribution in [0.25, 0.3) is 0 Å². The first kappa shape index (κ1) is 20.4. The van der Waals surface area contributed by atoms with Crippen molar-refractivity contribution in [1.29, 1.82) is 0 Å². The number of hydrogen-bond acceptors (Lipinski definition) is 1. The van der Waals surface area contributed by atoms with Crippen molar-refractivity contribution in [2.24, 2.45) is 0 Å². The maximum atomic E-state index is 13.2. The highest BCUT2D eigenvalue weighted by atomic mass is 35.5. The Labute approximate surface area is 144 Å². The fourth-order valence-corrected chi connectivity index (χ4v) is 3.55. The second kappa shape index (κ2) is 9.61. The van der Waals surface area contributed by atoms with Crippen LogP contribution in [0.4, 0.5) is 8.78 Å². The summed E-state index contributed by atoms with van der Waals surface area (Å²) in [5, 5.41) is 4.22. The fraction of sp³-hybridized carbons (Fsp3) is 0.833. The summed E-state index contributed by atoms with van der Waals surface area (Å²) in [5.74, 6) is 0. The third-order valence-electron chi connectivity index (χ3n) is 4.73. The van der Waals surface area contributed by atoms with Crippen LogP contribution in [0, 0.1) is 6.92 Å². The molecule has 0 aliphatic carbocycles. The van der Waals surface area contributed by atoms with Crippen molar-refractivity contribution in [2.75, 3.05) is 0 Å². The largest absolute Gasteiger partial charge is 0.268 e. The Hall–Kier alpha value is -0.640. The van der Waals surface area contributed by atoms with E-state index in [9.17, 15) is 8.78 Å². The van der Waals surface area contributed by atoms with Gasteiger partial charge in [0.05, 0.1) is 11.1 Å². The normalized spacial score (nSPS) is 14.4. The maximum Gasteiger partial charge on any atom is 0.268 e. The molecule has 2 nitrogen and oxygen atoms in total. The molecule has 0 spiro atoms. The van der Waals surface area contributed by atoms with Gasteiger partial charge in [-0.15, -0.1) is 0 Å². The van der Waals surface area contributed by atoms with Gasteiger partial charge in [0.2, 0.25) is 0 Å². The molecule has 1 atom stereocenters. The van der Waals surface area contributed by atoms with E-state index in [1.807, 2.05) is 0 Å². The minimum atomic E-state index is -2.57. The van der Waals surface area contributed by atoms with Gasteiger partial charge in [0, 0.05) is 5.69 Å². The average Bonchev–Trinajstić information content (AvgIpc) is 2.80. The molecule has 0 aliphatic heterocycles. The van der Waals surface area contributed by atoms with Gasteiger partial charge in [0.25, 0.3) is 6.43 Å². The molecular formula is C18H31ClF2N2. The van der Waals surface area contributed by atoms with Crippen molar-refractivity contribution in [2.45, 2.75) is 97.4 Å². The first-order chi connectivity index (χ1) is 10.9. The van der Waals surface area contributed by atoms with Crippen LogP contribution in [0.5, 0.6) is 0 Å². The summed E-state index contributed by atoms with van der Waals surface area (Å²) >= 11 is 5.98. The highest BCUT2D eigenvalue weighted by molar-refractivity contribution is 6.30. The van der Waals surface area contributed by atoms with Crippen LogP contribution in [0.1, 0.15) is 96.2 Å². The quantitative estimate of drug-likeness (QED) is 0.392. The lowest BCUT2D eigenvalue weighted by atomic mass is 9.88. The van der Waals surface area contributed by atoms with E-state index in [0.29, 0.717) is 5.69 Å². The molecule has 1 unspecified atom stereocenters. The Balaban J connectivity index is 2.94. The number of nitrogens with zero attached hydrogens (tertiary/aromatic N) is 2. The number of rotatable bonds is 11. The predicted molar refractivity (Wildman–Crippen MR) is 93.5 cm³/mol. The molecule has 1 heterocycles. The van der Waals surface area contributed by atoms with E-state index < -0.39 is 6.43 Å². The Kier molecular flexibility index (Phi) is 8.52. The molecule has 0 saturated heterocycles. The molecule has 0 N–H and O–H groups in total. The van der Waals surface area contributed by atoms with Crippen LogP contribution in [0.15, 0.2) is 0 Å². The van der Waals surface area contributed by atoms with Gasteiger partial charge < -0.3 is 0 Å². The van der Waals surface area contributed by atoms with Gasteiger partial charge in [-0.25, -0.2) is 8.78 Å². The van der Waals surface area contributed by atoms with Crippen LogP contribution in [0.3, 0.4) is 0 Å². The van der Waals surface area contributed by atoms with E-state index in [1.165, 1.54) is 25.7 Å². The summed E-state index contributed by atoms with van der Waals surface area (Å²) in [6.07, 6.45) is 7.47. The molecule has 0 radical (unpaired) electrons.